The molecule has 2 saturated heterocycles. The van der Waals surface area contributed by atoms with E-state index in [1.54, 1.807) is 22.9 Å². The molecule has 2 fully saturated rings. The molecule has 3 heterocycles. The van der Waals surface area contributed by atoms with Crippen LogP contribution in [-0.4, -0.2) is 97.4 Å². The van der Waals surface area contributed by atoms with E-state index < -0.39 is 5.54 Å². The van der Waals surface area contributed by atoms with Crippen molar-refractivity contribution < 1.29 is 14.3 Å². The fourth-order valence-corrected chi connectivity index (χ4v) is 6.51. The van der Waals surface area contributed by atoms with Gasteiger partial charge in [0.05, 0.1) is 15.6 Å². The number of amides is 2. The molecule has 0 aliphatic carbocycles. The quantitative estimate of drug-likeness (QED) is 0.322. The zero-order valence-corrected chi connectivity index (χ0v) is 25.3. The third-order valence-corrected chi connectivity index (χ3v) is 9.29. The normalized spacial score (nSPS) is 18.7. The van der Waals surface area contributed by atoms with E-state index in [0.717, 1.165) is 70.4 Å². The summed E-state index contributed by atoms with van der Waals surface area (Å²) in [5.74, 6) is 0.123. The highest BCUT2D eigenvalue weighted by molar-refractivity contribution is 6.42. The molecule has 1 aromatic heterocycles. The molecule has 2 aromatic rings. The van der Waals surface area contributed by atoms with Crippen molar-refractivity contribution in [3.05, 3.63) is 69.1 Å². The number of pyridine rings is 1. The van der Waals surface area contributed by atoms with Crippen molar-refractivity contribution in [2.24, 2.45) is 0 Å². The Balaban J connectivity index is 1.45. The number of halogens is 2. The monoisotopic (exact) mass is 589 g/mol. The second kappa shape index (κ2) is 13.5. The van der Waals surface area contributed by atoms with E-state index in [9.17, 15) is 14.8 Å². The number of carbonyl (C=O) groups excluding carboxylic acids is 2. The molecule has 0 bridgehead atoms. The summed E-state index contributed by atoms with van der Waals surface area (Å²) in [6.07, 6.45) is 8.69. The highest BCUT2D eigenvalue weighted by Crippen LogP contribution is 2.34. The number of piperidine rings is 2. The second-order valence-corrected chi connectivity index (χ2v) is 12.2. The first-order valence-electron chi connectivity index (χ1n) is 14.2. The maximum absolute atomic E-state index is 13.4. The van der Waals surface area contributed by atoms with Gasteiger partial charge in [0.15, 0.2) is 12.4 Å². The number of hydrogen-bond acceptors (Lipinski definition) is 5. The Morgan fingerprint density at radius 1 is 0.975 bits per heavy atom. The summed E-state index contributed by atoms with van der Waals surface area (Å²) >= 11 is 12.6. The Kier molecular flexibility index (Phi) is 10.3. The van der Waals surface area contributed by atoms with Crippen LogP contribution in [0.1, 0.15) is 60.4 Å². The van der Waals surface area contributed by atoms with Crippen molar-refractivity contribution in [3.8, 4) is 0 Å². The van der Waals surface area contributed by atoms with Gasteiger partial charge in [0.2, 0.25) is 5.91 Å². The lowest BCUT2D eigenvalue weighted by atomic mass is 9.82. The molecule has 10 heteroatoms. The van der Waals surface area contributed by atoms with E-state index in [0.29, 0.717) is 26.9 Å². The van der Waals surface area contributed by atoms with Crippen molar-refractivity contribution in [2.45, 2.75) is 50.0 Å². The largest absolute Gasteiger partial charge is 0.619 e. The van der Waals surface area contributed by atoms with Gasteiger partial charge in [0.1, 0.15) is 5.54 Å². The Morgan fingerprint density at radius 3 is 2.23 bits per heavy atom. The zero-order valence-electron chi connectivity index (χ0n) is 23.8. The number of nitrogens with zero attached hydrogens (tertiary/aromatic N) is 5. The molecular formula is C30H41Cl2N5O3. The predicted molar refractivity (Wildman–Crippen MR) is 159 cm³/mol. The van der Waals surface area contributed by atoms with Crippen molar-refractivity contribution in [2.75, 3.05) is 60.4 Å². The number of carbonyl (C=O) groups is 2. The lowest BCUT2D eigenvalue weighted by molar-refractivity contribution is -0.605. The van der Waals surface area contributed by atoms with Crippen molar-refractivity contribution in [1.29, 1.82) is 0 Å². The molecule has 2 amide bonds. The summed E-state index contributed by atoms with van der Waals surface area (Å²) in [6, 6.07) is 8.75. The topological polar surface area (TPSA) is 74.0 Å². The van der Waals surface area contributed by atoms with Gasteiger partial charge in [0.25, 0.3) is 5.91 Å². The van der Waals surface area contributed by atoms with E-state index in [-0.39, 0.29) is 17.7 Å². The van der Waals surface area contributed by atoms with E-state index in [4.69, 9.17) is 23.2 Å². The number of aromatic nitrogens is 1. The minimum Gasteiger partial charge on any atom is -0.619 e. The molecule has 0 spiro atoms. The summed E-state index contributed by atoms with van der Waals surface area (Å²) in [5.41, 5.74) is 1.09. The number of likely N-dealkylation sites (tertiary alicyclic amines) is 2. The number of hydrogen-bond donors (Lipinski definition) is 0. The van der Waals surface area contributed by atoms with Crippen LogP contribution in [0.15, 0.2) is 42.7 Å². The van der Waals surface area contributed by atoms with Gasteiger partial charge in [-0.3, -0.25) is 14.5 Å². The Labute approximate surface area is 248 Å². The first-order valence-corrected chi connectivity index (χ1v) is 14.9. The number of benzene rings is 1. The molecule has 218 valence electrons. The molecule has 4 rings (SSSR count). The third-order valence-electron chi connectivity index (χ3n) is 8.55. The molecule has 0 N–H and O–H groups in total. The fourth-order valence-electron chi connectivity index (χ4n) is 6.21. The van der Waals surface area contributed by atoms with Crippen LogP contribution in [-0.2, 0) is 4.79 Å². The molecule has 1 atom stereocenters. The molecule has 1 aromatic carbocycles. The van der Waals surface area contributed by atoms with Gasteiger partial charge in [-0.2, -0.15) is 4.73 Å². The van der Waals surface area contributed by atoms with Gasteiger partial charge >= 0.3 is 0 Å². The molecule has 1 unspecified atom stereocenters. The van der Waals surface area contributed by atoms with Crippen LogP contribution >= 0.6 is 23.2 Å². The van der Waals surface area contributed by atoms with E-state index in [1.807, 2.05) is 26.2 Å². The Bertz CT molecular complexity index is 1160. The maximum atomic E-state index is 13.4. The van der Waals surface area contributed by atoms with Crippen LogP contribution in [0.5, 0.6) is 0 Å². The standard InChI is InChI=1S/C30H41Cl2N5O3/c1-33(2)29(39)30(36-14-5-4-6-15-36)12-19-35(20-13-30)16-9-25(24-7-8-26(31)27(32)21-24)22-34(3)28(38)23-10-17-37(40)18-11-23/h7-8,10-11,17-18,21,25H,4-6,9,12-16,19-20,22H2,1-3H3. The number of rotatable bonds is 9. The lowest BCUT2D eigenvalue weighted by Crippen LogP contribution is -2.64. The molecule has 0 radical (unpaired) electrons. The molecule has 40 heavy (non-hydrogen) atoms. The van der Waals surface area contributed by atoms with Crippen LogP contribution in [0.3, 0.4) is 0 Å². The smallest absolute Gasteiger partial charge is 0.254 e. The average molecular weight is 591 g/mol. The van der Waals surface area contributed by atoms with Crippen LogP contribution in [0.4, 0.5) is 0 Å². The average Bonchev–Trinajstić information content (AvgIpc) is 2.97. The van der Waals surface area contributed by atoms with Gasteiger partial charge in [0, 0.05) is 58.8 Å². The van der Waals surface area contributed by atoms with Gasteiger partial charge in [-0.05, 0) is 69.4 Å². The Morgan fingerprint density at radius 2 is 1.62 bits per heavy atom. The van der Waals surface area contributed by atoms with E-state index in [2.05, 4.69) is 9.80 Å². The van der Waals surface area contributed by atoms with Crippen molar-refractivity contribution in [1.82, 2.24) is 19.6 Å². The third kappa shape index (κ3) is 7.08. The van der Waals surface area contributed by atoms with Crippen molar-refractivity contribution >= 4 is 35.0 Å². The first kappa shape index (κ1) is 30.6. The molecule has 8 nitrogen and oxygen atoms in total. The SMILES string of the molecule is CN(C)C(=O)C1(N2CCCCC2)CCN(CCC(CN(C)C(=O)c2cc[n+]([O-])cc2)c2ccc(Cl)c(Cl)c2)CC1. The summed E-state index contributed by atoms with van der Waals surface area (Å²) < 4.78 is 0.667. The van der Waals surface area contributed by atoms with Gasteiger partial charge in [-0.25, -0.2) is 0 Å². The summed E-state index contributed by atoms with van der Waals surface area (Å²) in [5, 5.41) is 12.4. The van der Waals surface area contributed by atoms with Crippen LogP contribution in [0.2, 0.25) is 10.0 Å². The van der Waals surface area contributed by atoms with Crippen molar-refractivity contribution in [3.63, 3.8) is 0 Å². The van der Waals surface area contributed by atoms with Crippen LogP contribution in [0.25, 0.3) is 0 Å². The summed E-state index contributed by atoms with van der Waals surface area (Å²) in [7, 11) is 5.52. The molecule has 2 aliphatic heterocycles. The molecule has 0 saturated carbocycles. The maximum Gasteiger partial charge on any atom is 0.254 e. The van der Waals surface area contributed by atoms with Crippen LogP contribution < -0.4 is 4.73 Å². The first-order chi connectivity index (χ1) is 19.1. The predicted octanol–water partition coefficient (Wildman–Crippen LogP) is 4.28. The molecular weight excluding hydrogens is 549 g/mol. The fraction of sp³-hybridized carbons (Fsp3) is 0.567. The van der Waals surface area contributed by atoms with Crippen LogP contribution in [0, 0.1) is 5.21 Å². The summed E-state index contributed by atoms with van der Waals surface area (Å²) in [4.78, 5) is 34.9. The van der Waals surface area contributed by atoms with Gasteiger partial charge < -0.3 is 19.9 Å². The van der Waals surface area contributed by atoms with Gasteiger partial charge in [-0.1, -0.05) is 35.7 Å². The minimum absolute atomic E-state index is 0.0362. The molecule has 2 aliphatic rings. The van der Waals surface area contributed by atoms with E-state index >= 15 is 0 Å². The second-order valence-electron chi connectivity index (χ2n) is 11.4. The minimum atomic E-state index is -0.409. The van der Waals surface area contributed by atoms with E-state index in [1.165, 1.54) is 30.9 Å². The van der Waals surface area contributed by atoms with Gasteiger partial charge in [-0.15, -0.1) is 0 Å². The highest BCUT2D eigenvalue weighted by atomic mass is 35.5. The summed E-state index contributed by atoms with van der Waals surface area (Å²) in [6.45, 7) is 5.05. The lowest BCUT2D eigenvalue weighted by Gasteiger charge is -2.50. The Hall–Kier alpha value is -2.39. The zero-order chi connectivity index (χ0) is 28.9. The highest BCUT2D eigenvalue weighted by Gasteiger charge is 2.47. The number of likely N-dealkylation sites (N-methyl/N-ethyl adjacent to an activating group) is 2.